The fourth-order valence-corrected chi connectivity index (χ4v) is 2.29. The highest BCUT2D eigenvalue weighted by Gasteiger charge is 2.13. The van der Waals surface area contributed by atoms with Crippen molar-refractivity contribution in [2.24, 2.45) is 0 Å². The number of benzene rings is 2. The molecule has 3 aromatic rings. The zero-order valence-corrected chi connectivity index (χ0v) is 13.7. The number of nitrogens with zero attached hydrogens (tertiary/aromatic N) is 4. The Labute approximate surface area is 151 Å². The number of rotatable bonds is 6. The average molecular weight is 368 g/mol. The van der Waals surface area contributed by atoms with Gasteiger partial charge in [-0.2, -0.15) is 5.10 Å². The molecule has 0 unspecified atom stereocenters. The van der Waals surface area contributed by atoms with Gasteiger partial charge in [0.25, 0.3) is 11.4 Å². The molecule has 0 atom stereocenters. The minimum absolute atomic E-state index is 0.0532. The third kappa shape index (κ3) is 4.12. The first-order chi connectivity index (χ1) is 12.9. The second-order valence-corrected chi connectivity index (χ2v) is 5.45. The summed E-state index contributed by atoms with van der Waals surface area (Å²) >= 11 is 0. The lowest BCUT2D eigenvalue weighted by molar-refractivity contribution is -0.385. The van der Waals surface area contributed by atoms with Gasteiger partial charge < -0.3 is 4.74 Å². The smallest absolute Gasteiger partial charge is 0.341 e. The first-order valence-electron chi connectivity index (χ1n) is 7.64. The number of ether oxygens (including phenoxy) is 1. The Morgan fingerprint density at radius 1 is 1.04 bits per heavy atom. The molecule has 0 saturated carbocycles. The van der Waals surface area contributed by atoms with Crippen LogP contribution in [0.1, 0.15) is 15.9 Å². The number of nitro benzene ring substituents is 2. The number of hydrogen-bond acceptors (Lipinski definition) is 7. The minimum Gasteiger partial charge on any atom is -0.457 e. The van der Waals surface area contributed by atoms with Gasteiger partial charge in [0.05, 0.1) is 27.3 Å². The number of nitro groups is 2. The van der Waals surface area contributed by atoms with Crippen molar-refractivity contribution in [3.8, 4) is 5.69 Å². The van der Waals surface area contributed by atoms with Gasteiger partial charge >= 0.3 is 5.97 Å². The molecule has 136 valence electrons. The highest BCUT2D eigenvalue weighted by atomic mass is 16.6. The van der Waals surface area contributed by atoms with E-state index in [2.05, 4.69) is 5.10 Å². The van der Waals surface area contributed by atoms with Crippen LogP contribution in [0.5, 0.6) is 0 Å². The van der Waals surface area contributed by atoms with Crippen molar-refractivity contribution >= 4 is 17.3 Å². The van der Waals surface area contributed by atoms with Crippen LogP contribution >= 0.6 is 0 Å². The predicted octanol–water partition coefficient (Wildman–Crippen LogP) is 3.05. The van der Waals surface area contributed by atoms with E-state index in [1.807, 2.05) is 0 Å². The molecule has 0 aliphatic rings. The molecular formula is C17H12N4O6. The van der Waals surface area contributed by atoms with Gasteiger partial charge in [-0.25, -0.2) is 9.48 Å². The van der Waals surface area contributed by atoms with Crippen LogP contribution in [0.25, 0.3) is 5.69 Å². The molecule has 1 aromatic heterocycles. The van der Waals surface area contributed by atoms with Gasteiger partial charge in [0.2, 0.25) is 0 Å². The van der Waals surface area contributed by atoms with E-state index in [0.29, 0.717) is 11.3 Å². The molecule has 0 fully saturated rings. The normalized spacial score (nSPS) is 10.4. The summed E-state index contributed by atoms with van der Waals surface area (Å²) in [6, 6.07) is 11.5. The van der Waals surface area contributed by atoms with Crippen LogP contribution < -0.4 is 0 Å². The third-order valence-electron chi connectivity index (χ3n) is 3.63. The molecule has 0 aliphatic heterocycles. The number of carbonyl (C=O) groups is 1. The highest BCUT2D eigenvalue weighted by Crippen LogP contribution is 2.17. The average Bonchev–Trinajstić information content (AvgIpc) is 3.16. The van der Waals surface area contributed by atoms with Crippen LogP contribution in [0.4, 0.5) is 11.4 Å². The van der Waals surface area contributed by atoms with Crippen molar-refractivity contribution in [3.63, 3.8) is 0 Å². The van der Waals surface area contributed by atoms with Crippen LogP contribution in [0.2, 0.25) is 0 Å². The van der Waals surface area contributed by atoms with Crippen molar-refractivity contribution in [1.29, 1.82) is 0 Å². The van der Waals surface area contributed by atoms with Crippen LogP contribution in [0.15, 0.2) is 60.9 Å². The molecule has 0 radical (unpaired) electrons. The number of aromatic nitrogens is 2. The standard InChI is InChI=1S/C17H12N4O6/c22-17(27-11-12-2-1-3-16(8-12)21(25)26)13-9-18-19(10-13)14-4-6-15(7-5-14)20(23)24/h1-10H,11H2. The van der Waals surface area contributed by atoms with Gasteiger partial charge in [-0.15, -0.1) is 0 Å². The second-order valence-electron chi connectivity index (χ2n) is 5.45. The van der Waals surface area contributed by atoms with E-state index in [-0.39, 0.29) is 23.5 Å². The quantitative estimate of drug-likeness (QED) is 0.371. The zero-order chi connectivity index (χ0) is 19.4. The Kier molecular flexibility index (Phi) is 4.88. The van der Waals surface area contributed by atoms with Gasteiger partial charge in [-0.1, -0.05) is 12.1 Å². The molecule has 0 aliphatic carbocycles. The molecule has 0 amide bonds. The molecule has 27 heavy (non-hydrogen) atoms. The van der Waals surface area contributed by atoms with E-state index in [1.54, 1.807) is 6.07 Å². The highest BCUT2D eigenvalue weighted by molar-refractivity contribution is 5.88. The summed E-state index contributed by atoms with van der Waals surface area (Å²) in [6.07, 6.45) is 2.73. The van der Waals surface area contributed by atoms with Crippen molar-refractivity contribution in [1.82, 2.24) is 9.78 Å². The Hall–Kier alpha value is -4.08. The van der Waals surface area contributed by atoms with E-state index in [9.17, 15) is 25.0 Å². The van der Waals surface area contributed by atoms with E-state index in [0.717, 1.165) is 0 Å². The minimum atomic E-state index is -0.644. The summed E-state index contributed by atoms with van der Waals surface area (Å²) in [6.45, 7) is -0.122. The van der Waals surface area contributed by atoms with Crippen molar-refractivity contribution < 1.29 is 19.4 Å². The van der Waals surface area contributed by atoms with Crippen molar-refractivity contribution in [2.45, 2.75) is 6.61 Å². The number of carbonyl (C=O) groups excluding carboxylic acids is 1. The van der Waals surface area contributed by atoms with Gasteiger partial charge in [0.1, 0.15) is 6.61 Å². The number of esters is 1. The van der Waals surface area contributed by atoms with Crippen LogP contribution in [-0.4, -0.2) is 25.6 Å². The van der Waals surface area contributed by atoms with Crippen molar-refractivity contribution in [3.05, 3.63) is 92.3 Å². The second kappa shape index (κ2) is 7.44. The molecule has 1 heterocycles. The fraction of sp³-hybridized carbons (Fsp3) is 0.0588. The molecule has 0 saturated heterocycles. The van der Waals surface area contributed by atoms with E-state index >= 15 is 0 Å². The molecular weight excluding hydrogens is 356 g/mol. The first-order valence-corrected chi connectivity index (χ1v) is 7.64. The van der Waals surface area contributed by atoms with E-state index < -0.39 is 15.8 Å². The van der Waals surface area contributed by atoms with Gasteiger partial charge in [-0.3, -0.25) is 20.2 Å². The van der Waals surface area contributed by atoms with Crippen molar-refractivity contribution in [2.75, 3.05) is 0 Å². The van der Waals surface area contributed by atoms with E-state index in [1.165, 1.54) is 59.5 Å². The lowest BCUT2D eigenvalue weighted by atomic mass is 10.2. The predicted molar refractivity (Wildman–Crippen MR) is 92.4 cm³/mol. The summed E-state index contributed by atoms with van der Waals surface area (Å²) in [4.78, 5) is 32.5. The summed E-state index contributed by atoms with van der Waals surface area (Å²) in [5.74, 6) is -0.644. The summed E-state index contributed by atoms with van der Waals surface area (Å²) in [7, 11) is 0. The molecule has 0 bridgehead atoms. The zero-order valence-electron chi connectivity index (χ0n) is 13.7. The molecule has 0 spiro atoms. The SMILES string of the molecule is O=C(OCc1cccc([N+](=O)[O-])c1)c1cnn(-c2ccc([N+](=O)[O-])cc2)c1. The molecule has 2 aromatic carbocycles. The van der Waals surface area contributed by atoms with Gasteiger partial charge in [0, 0.05) is 30.5 Å². The summed E-state index contributed by atoms with van der Waals surface area (Å²) in [5.41, 5.74) is 1.06. The van der Waals surface area contributed by atoms with Gasteiger partial charge in [0.15, 0.2) is 0 Å². The molecule has 10 nitrogen and oxygen atoms in total. The topological polar surface area (TPSA) is 130 Å². The van der Waals surface area contributed by atoms with E-state index in [4.69, 9.17) is 4.74 Å². The maximum absolute atomic E-state index is 12.1. The maximum Gasteiger partial charge on any atom is 0.341 e. The molecule has 3 rings (SSSR count). The molecule has 0 N–H and O–H groups in total. The van der Waals surface area contributed by atoms with Crippen LogP contribution in [0, 0.1) is 20.2 Å². The Morgan fingerprint density at radius 3 is 2.41 bits per heavy atom. The largest absolute Gasteiger partial charge is 0.457 e. The van der Waals surface area contributed by atoms with Crippen LogP contribution in [0.3, 0.4) is 0 Å². The fourth-order valence-electron chi connectivity index (χ4n) is 2.29. The van der Waals surface area contributed by atoms with Crippen LogP contribution in [-0.2, 0) is 11.3 Å². The van der Waals surface area contributed by atoms with Gasteiger partial charge in [-0.05, 0) is 17.7 Å². The Bertz CT molecular complexity index is 1010. The lowest BCUT2D eigenvalue weighted by Gasteiger charge is -2.03. The monoisotopic (exact) mass is 368 g/mol. The maximum atomic E-state index is 12.1. The third-order valence-corrected chi connectivity index (χ3v) is 3.63. The first kappa shape index (κ1) is 17.7. The summed E-state index contributed by atoms with van der Waals surface area (Å²) < 4.78 is 6.53. The Balaban J connectivity index is 1.67. The Morgan fingerprint density at radius 2 is 1.74 bits per heavy atom. The summed E-state index contributed by atoms with van der Waals surface area (Å²) in [5, 5.41) is 25.5. The lowest BCUT2D eigenvalue weighted by Crippen LogP contribution is -2.04. The number of non-ortho nitro benzene ring substituents is 2. The number of hydrogen-bond donors (Lipinski definition) is 0. The molecule has 10 heteroatoms.